The molecule has 0 N–H and O–H groups in total. The van der Waals surface area contributed by atoms with Crippen molar-refractivity contribution < 1.29 is 4.65 Å². The summed E-state index contributed by atoms with van der Waals surface area (Å²) >= 11 is 0. The van der Waals surface area contributed by atoms with Gasteiger partial charge in [0.05, 0.1) is 13.1 Å². The molecule has 14 heavy (non-hydrogen) atoms. The highest BCUT2D eigenvalue weighted by atomic mass is 16.5. The monoisotopic (exact) mass is 195 g/mol. The van der Waals surface area contributed by atoms with Gasteiger partial charge in [-0.15, -0.1) is 10.2 Å². The van der Waals surface area contributed by atoms with E-state index in [0.717, 1.165) is 19.5 Å². The SMILES string of the molecule is Cc1nnn([C@H]2C[N+]3([O-])CC[C@H]2C3)n1. The Morgan fingerprint density at radius 1 is 1.50 bits per heavy atom. The Morgan fingerprint density at radius 2 is 2.36 bits per heavy atom. The average molecular weight is 195 g/mol. The molecular weight excluding hydrogens is 182 g/mol. The summed E-state index contributed by atoms with van der Waals surface area (Å²) in [5.74, 6) is 1.14. The highest BCUT2D eigenvalue weighted by Crippen LogP contribution is 2.40. The number of hydrogen-bond donors (Lipinski definition) is 0. The summed E-state index contributed by atoms with van der Waals surface area (Å²) in [6.45, 7) is 3.96. The van der Waals surface area contributed by atoms with Gasteiger partial charge in [-0.1, -0.05) is 0 Å². The van der Waals surface area contributed by atoms with Gasteiger partial charge in [0.15, 0.2) is 5.82 Å². The Morgan fingerprint density at radius 3 is 2.86 bits per heavy atom. The summed E-state index contributed by atoms with van der Waals surface area (Å²) in [5.41, 5.74) is 0. The number of nitrogens with zero attached hydrogens (tertiary/aromatic N) is 5. The van der Waals surface area contributed by atoms with Gasteiger partial charge in [-0.05, 0) is 12.1 Å². The molecule has 0 aliphatic carbocycles. The van der Waals surface area contributed by atoms with Gasteiger partial charge in [0, 0.05) is 12.3 Å². The summed E-state index contributed by atoms with van der Waals surface area (Å²) in [5, 5.41) is 24.0. The minimum Gasteiger partial charge on any atom is -0.633 e. The molecule has 3 rings (SSSR count). The van der Waals surface area contributed by atoms with Gasteiger partial charge in [-0.25, -0.2) is 0 Å². The molecule has 0 saturated carbocycles. The molecule has 3 atom stereocenters. The van der Waals surface area contributed by atoms with E-state index in [9.17, 15) is 5.21 Å². The Bertz CT molecular complexity index is 364. The molecule has 1 aromatic heterocycles. The molecule has 1 aromatic rings. The lowest BCUT2D eigenvalue weighted by atomic mass is 10.0. The third-order valence-electron chi connectivity index (χ3n) is 3.36. The first kappa shape index (κ1) is 8.31. The van der Waals surface area contributed by atoms with Crippen molar-refractivity contribution in [2.24, 2.45) is 5.92 Å². The lowest BCUT2D eigenvalue weighted by Crippen LogP contribution is -2.39. The molecule has 6 nitrogen and oxygen atoms in total. The van der Waals surface area contributed by atoms with E-state index in [0.29, 0.717) is 18.3 Å². The Hall–Kier alpha value is -1.01. The fourth-order valence-corrected chi connectivity index (χ4v) is 2.68. The molecule has 2 bridgehead atoms. The van der Waals surface area contributed by atoms with Gasteiger partial charge in [-0.2, -0.15) is 4.80 Å². The normalized spacial score (nSPS) is 40.7. The van der Waals surface area contributed by atoms with Crippen molar-refractivity contribution in [1.82, 2.24) is 20.2 Å². The predicted molar refractivity (Wildman–Crippen MR) is 47.9 cm³/mol. The molecule has 0 spiro atoms. The molecule has 0 aromatic carbocycles. The van der Waals surface area contributed by atoms with Crippen LogP contribution in [0.4, 0.5) is 0 Å². The average Bonchev–Trinajstić information content (AvgIpc) is 2.76. The van der Waals surface area contributed by atoms with Crippen molar-refractivity contribution in [3.05, 3.63) is 11.0 Å². The van der Waals surface area contributed by atoms with E-state index in [1.54, 1.807) is 4.80 Å². The van der Waals surface area contributed by atoms with E-state index in [-0.39, 0.29) is 10.7 Å². The van der Waals surface area contributed by atoms with E-state index in [1.807, 2.05) is 6.92 Å². The number of fused-ring (bicyclic) bond motifs is 2. The maximum Gasteiger partial charge on any atom is 0.171 e. The van der Waals surface area contributed by atoms with Gasteiger partial charge in [0.2, 0.25) is 0 Å². The summed E-state index contributed by atoms with van der Waals surface area (Å²) in [4.78, 5) is 1.64. The van der Waals surface area contributed by atoms with Crippen molar-refractivity contribution in [2.45, 2.75) is 19.4 Å². The standard InChI is InChI=1S/C8H13N5O/c1-6-9-11-12(10-6)8-5-13(14)3-2-7(8)4-13/h7-8H,2-5H2,1H3/t7-,8-,13?/m0/s1. The number of piperidine rings is 1. The highest BCUT2D eigenvalue weighted by molar-refractivity contribution is 4.85. The van der Waals surface area contributed by atoms with Crippen LogP contribution in [-0.2, 0) is 0 Å². The molecule has 0 radical (unpaired) electrons. The van der Waals surface area contributed by atoms with Gasteiger partial charge < -0.3 is 9.85 Å². The molecule has 2 aliphatic heterocycles. The third kappa shape index (κ3) is 1.07. The van der Waals surface area contributed by atoms with E-state index >= 15 is 0 Å². The van der Waals surface area contributed by atoms with Crippen molar-refractivity contribution >= 4 is 0 Å². The Kier molecular flexibility index (Phi) is 1.49. The lowest BCUT2D eigenvalue weighted by Gasteiger charge is -2.36. The largest absolute Gasteiger partial charge is 0.633 e. The zero-order chi connectivity index (χ0) is 9.76. The maximum atomic E-state index is 12.0. The fraction of sp³-hybridized carbons (Fsp3) is 0.875. The van der Waals surface area contributed by atoms with Crippen LogP contribution in [0.1, 0.15) is 18.3 Å². The van der Waals surface area contributed by atoms with Crippen LogP contribution in [0.15, 0.2) is 0 Å². The molecule has 76 valence electrons. The van der Waals surface area contributed by atoms with Gasteiger partial charge in [0.1, 0.15) is 12.6 Å². The number of aromatic nitrogens is 4. The zero-order valence-corrected chi connectivity index (χ0v) is 8.13. The van der Waals surface area contributed by atoms with Crippen LogP contribution in [0.5, 0.6) is 0 Å². The van der Waals surface area contributed by atoms with Crippen molar-refractivity contribution in [2.75, 3.05) is 19.6 Å². The Balaban J connectivity index is 1.89. The summed E-state index contributed by atoms with van der Waals surface area (Å²) in [7, 11) is 0. The van der Waals surface area contributed by atoms with Crippen molar-refractivity contribution in [3.63, 3.8) is 0 Å². The first-order chi connectivity index (χ1) is 6.66. The van der Waals surface area contributed by atoms with Crippen LogP contribution in [0, 0.1) is 18.0 Å². The minimum atomic E-state index is -0.0457. The summed E-state index contributed by atoms with van der Waals surface area (Å²) < 4.78 is -0.0457. The van der Waals surface area contributed by atoms with Crippen LogP contribution in [0.25, 0.3) is 0 Å². The smallest absolute Gasteiger partial charge is 0.171 e. The predicted octanol–water partition coefficient (Wildman–Crippen LogP) is -0.129. The maximum absolute atomic E-state index is 12.0. The first-order valence-corrected chi connectivity index (χ1v) is 4.99. The third-order valence-corrected chi connectivity index (χ3v) is 3.36. The van der Waals surface area contributed by atoms with E-state index < -0.39 is 0 Å². The van der Waals surface area contributed by atoms with Gasteiger partial charge >= 0.3 is 0 Å². The van der Waals surface area contributed by atoms with E-state index in [4.69, 9.17) is 0 Å². The number of hydrogen-bond acceptors (Lipinski definition) is 4. The minimum absolute atomic E-state index is 0.0457. The number of hydroxylamine groups is 3. The van der Waals surface area contributed by atoms with E-state index in [2.05, 4.69) is 15.4 Å². The highest BCUT2D eigenvalue weighted by Gasteiger charge is 2.48. The van der Waals surface area contributed by atoms with Crippen LogP contribution in [-0.4, -0.2) is 44.5 Å². The van der Waals surface area contributed by atoms with Crippen molar-refractivity contribution in [3.8, 4) is 0 Å². The van der Waals surface area contributed by atoms with E-state index in [1.165, 1.54) is 0 Å². The second-order valence-electron chi connectivity index (χ2n) is 4.42. The molecule has 0 amide bonds. The molecule has 2 fully saturated rings. The molecule has 6 heteroatoms. The molecule has 2 aliphatic rings. The quantitative estimate of drug-likeness (QED) is 0.462. The summed E-state index contributed by atoms with van der Waals surface area (Å²) in [6, 6.07) is 0.183. The number of quaternary nitrogens is 1. The molecular formula is C8H13N5O. The zero-order valence-electron chi connectivity index (χ0n) is 8.13. The second-order valence-corrected chi connectivity index (χ2v) is 4.42. The fourth-order valence-electron chi connectivity index (χ4n) is 2.68. The number of aryl methyl sites for hydroxylation is 1. The number of rotatable bonds is 1. The van der Waals surface area contributed by atoms with Gasteiger partial charge in [-0.3, -0.25) is 0 Å². The van der Waals surface area contributed by atoms with Crippen LogP contribution < -0.4 is 0 Å². The Labute approximate surface area is 81.7 Å². The van der Waals surface area contributed by atoms with Crippen molar-refractivity contribution in [1.29, 1.82) is 0 Å². The van der Waals surface area contributed by atoms with Gasteiger partial charge in [0.25, 0.3) is 0 Å². The number of tetrazole rings is 1. The van der Waals surface area contributed by atoms with Crippen LogP contribution in [0.3, 0.4) is 0 Å². The topological polar surface area (TPSA) is 66.7 Å². The molecule has 1 unspecified atom stereocenters. The van der Waals surface area contributed by atoms with Crippen LogP contribution >= 0.6 is 0 Å². The first-order valence-electron chi connectivity index (χ1n) is 4.99. The lowest BCUT2D eigenvalue weighted by molar-refractivity contribution is -0.861. The van der Waals surface area contributed by atoms with Crippen LogP contribution in [0.2, 0.25) is 0 Å². The molecule has 2 saturated heterocycles. The summed E-state index contributed by atoms with van der Waals surface area (Å²) in [6.07, 6.45) is 1.01. The second kappa shape index (κ2) is 2.52. The molecule has 3 heterocycles.